The maximum Gasteiger partial charge on any atom is 0.326 e. The van der Waals surface area contributed by atoms with E-state index < -0.39 is 48.5 Å². The van der Waals surface area contributed by atoms with Crippen LogP contribution >= 0.6 is 0 Å². The fraction of sp³-hybridized carbons (Fsp3) is 0.529. The largest absolute Gasteiger partial charge is 0.481 e. The minimum atomic E-state index is -1.50. The van der Waals surface area contributed by atoms with Gasteiger partial charge >= 0.3 is 23.9 Å². The lowest BCUT2D eigenvalue weighted by Gasteiger charge is -2.29. The molecule has 0 heterocycles. The van der Waals surface area contributed by atoms with Crippen molar-refractivity contribution in [3.05, 3.63) is 48.0 Å². The summed E-state index contributed by atoms with van der Waals surface area (Å²) in [6, 6.07) is 9.12. The number of carboxylic acid groups (broad SMARTS) is 3. The molecule has 48 heavy (non-hydrogen) atoms. The zero-order valence-corrected chi connectivity index (χ0v) is 27.2. The first-order chi connectivity index (χ1) is 23.0. The minimum Gasteiger partial charge on any atom is -0.481 e. The summed E-state index contributed by atoms with van der Waals surface area (Å²) < 4.78 is 0. The first-order valence-corrected chi connectivity index (χ1v) is 16.4. The number of unbranched alkanes of at least 4 members (excludes halogenated alkanes) is 1. The van der Waals surface area contributed by atoms with Crippen LogP contribution in [0.25, 0.3) is 10.8 Å². The van der Waals surface area contributed by atoms with Crippen molar-refractivity contribution < 1.29 is 44.1 Å². The summed E-state index contributed by atoms with van der Waals surface area (Å²) >= 11 is 0. The number of benzene rings is 2. The van der Waals surface area contributed by atoms with Gasteiger partial charge in [-0.15, -0.1) is 0 Å². The summed E-state index contributed by atoms with van der Waals surface area (Å²) in [5, 5.41) is 43.0. The Hall–Kier alpha value is -4.72. The van der Waals surface area contributed by atoms with Gasteiger partial charge < -0.3 is 41.9 Å². The molecule has 14 nitrogen and oxygen atoms in total. The van der Waals surface area contributed by atoms with E-state index in [1.165, 1.54) is 0 Å². The predicted molar refractivity (Wildman–Crippen MR) is 177 cm³/mol. The van der Waals surface area contributed by atoms with Crippen LogP contribution in [0.5, 0.6) is 0 Å². The second-order valence-electron chi connectivity index (χ2n) is 12.3. The summed E-state index contributed by atoms with van der Waals surface area (Å²) in [5.41, 5.74) is 0.897. The van der Waals surface area contributed by atoms with Crippen LogP contribution in [0.2, 0.25) is 0 Å². The molecule has 3 atom stereocenters. The average Bonchev–Trinajstić information content (AvgIpc) is 3.05. The lowest BCUT2D eigenvalue weighted by molar-refractivity contribution is -0.141. The minimum absolute atomic E-state index is 0.00102. The normalized spacial score (nSPS) is 17.8. The van der Waals surface area contributed by atoms with Crippen LogP contribution in [0, 0.1) is 11.8 Å². The molecule has 1 saturated carbocycles. The molecule has 1 aliphatic rings. The van der Waals surface area contributed by atoms with Gasteiger partial charge in [0.15, 0.2) is 0 Å². The number of carboxylic acids is 3. The van der Waals surface area contributed by atoms with Crippen LogP contribution in [0.15, 0.2) is 42.5 Å². The van der Waals surface area contributed by atoms with Crippen molar-refractivity contribution in [2.45, 2.75) is 82.3 Å². The van der Waals surface area contributed by atoms with E-state index in [0.717, 1.165) is 48.6 Å². The molecule has 0 spiro atoms. The first-order valence-electron chi connectivity index (χ1n) is 16.4. The molecule has 262 valence electrons. The van der Waals surface area contributed by atoms with Crippen LogP contribution in [0.4, 0.5) is 4.79 Å². The van der Waals surface area contributed by atoms with E-state index in [1.807, 2.05) is 49.5 Å². The lowest BCUT2D eigenvalue weighted by Crippen LogP contribution is -2.51. The van der Waals surface area contributed by atoms with Gasteiger partial charge in [-0.25, -0.2) is 14.4 Å². The summed E-state index contributed by atoms with van der Waals surface area (Å²) in [6.07, 6.45) is 3.53. The number of urea groups is 1. The Morgan fingerprint density at radius 1 is 0.771 bits per heavy atom. The number of rotatable bonds is 19. The van der Waals surface area contributed by atoms with E-state index >= 15 is 0 Å². The molecule has 2 aromatic rings. The van der Waals surface area contributed by atoms with E-state index in [1.54, 1.807) is 0 Å². The average molecular weight is 670 g/mol. The van der Waals surface area contributed by atoms with Crippen LogP contribution in [-0.4, -0.2) is 89.3 Å². The van der Waals surface area contributed by atoms with Gasteiger partial charge in [0.05, 0.1) is 0 Å². The third-order valence-electron chi connectivity index (χ3n) is 8.67. The third-order valence-corrected chi connectivity index (χ3v) is 8.67. The standard InChI is InChI=1S/C34H47N5O9/c1-35-20-21-9-13-24(14-10-21)30(42)37-28(19-22-11-12-23-6-2-3-7-25(23)18-22)31(43)36-17-5-4-8-26(32(44)45)38-34(48)39-27(33(46)47)15-16-29(40)41/h2-3,6-7,11-12,18,21,24,26-28,35H,4-5,8-10,13-17,19-20H2,1H3,(H,36,43)(H,37,42)(H,40,41)(H,44,45)(H,46,47)(H2,38,39,48). The molecular weight excluding hydrogens is 622 g/mol. The fourth-order valence-electron chi connectivity index (χ4n) is 5.97. The van der Waals surface area contributed by atoms with E-state index in [0.29, 0.717) is 25.2 Å². The topological polar surface area (TPSA) is 223 Å². The zero-order valence-electron chi connectivity index (χ0n) is 27.2. The SMILES string of the molecule is CNCC1CCC(C(=O)NC(Cc2ccc3ccccc3c2)C(=O)NCCCCC(NC(=O)NC(CCC(=O)O)C(=O)O)C(=O)O)CC1. The Morgan fingerprint density at radius 3 is 2.04 bits per heavy atom. The molecule has 3 rings (SSSR count). The predicted octanol–water partition coefficient (Wildman–Crippen LogP) is 2.25. The quantitative estimate of drug-likeness (QED) is 0.102. The Balaban J connectivity index is 1.54. The fourth-order valence-corrected chi connectivity index (χ4v) is 5.97. The second kappa shape index (κ2) is 19.2. The van der Waals surface area contributed by atoms with Gasteiger partial charge in [0.25, 0.3) is 0 Å². The highest BCUT2D eigenvalue weighted by molar-refractivity contribution is 5.89. The van der Waals surface area contributed by atoms with Crippen molar-refractivity contribution in [1.82, 2.24) is 26.6 Å². The van der Waals surface area contributed by atoms with Gasteiger partial charge in [-0.1, -0.05) is 42.5 Å². The van der Waals surface area contributed by atoms with Gasteiger partial charge in [-0.2, -0.15) is 0 Å². The number of hydrogen-bond donors (Lipinski definition) is 8. The van der Waals surface area contributed by atoms with Crippen molar-refractivity contribution in [2.75, 3.05) is 20.1 Å². The molecule has 1 fully saturated rings. The highest BCUT2D eigenvalue weighted by atomic mass is 16.4. The van der Waals surface area contributed by atoms with Crippen LogP contribution in [-0.2, 0) is 30.4 Å². The number of aliphatic carboxylic acids is 3. The number of hydrogen-bond acceptors (Lipinski definition) is 7. The van der Waals surface area contributed by atoms with Gasteiger partial charge in [0.1, 0.15) is 18.1 Å². The molecule has 0 radical (unpaired) electrons. The number of amides is 4. The molecule has 14 heteroatoms. The maximum absolute atomic E-state index is 13.4. The number of fused-ring (bicyclic) bond motifs is 1. The number of nitrogens with one attached hydrogen (secondary N) is 5. The molecule has 1 aliphatic carbocycles. The van der Waals surface area contributed by atoms with E-state index in [-0.39, 0.29) is 37.1 Å². The molecule has 4 amide bonds. The van der Waals surface area contributed by atoms with E-state index in [9.17, 15) is 39.0 Å². The Morgan fingerprint density at radius 2 is 1.42 bits per heavy atom. The second-order valence-corrected chi connectivity index (χ2v) is 12.3. The van der Waals surface area contributed by atoms with Crippen LogP contribution < -0.4 is 26.6 Å². The Kier molecular flexibility index (Phi) is 15.1. The van der Waals surface area contributed by atoms with Crippen molar-refractivity contribution in [3.63, 3.8) is 0 Å². The Bertz CT molecular complexity index is 1430. The molecule has 0 saturated heterocycles. The van der Waals surface area contributed by atoms with E-state index in [4.69, 9.17) is 5.11 Å². The molecule has 8 N–H and O–H groups in total. The van der Waals surface area contributed by atoms with E-state index in [2.05, 4.69) is 26.6 Å². The molecule has 0 aromatic heterocycles. The van der Waals surface area contributed by atoms with Crippen molar-refractivity contribution >= 4 is 46.5 Å². The molecule has 0 bridgehead atoms. The van der Waals surface area contributed by atoms with Crippen molar-refractivity contribution in [1.29, 1.82) is 0 Å². The summed E-state index contributed by atoms with van der Waals surface area (Å²) in [7, 11) is 1.92. The molecular formula is C34H47N5O9. The smallest absolute Gasteiger partial charge is 0.326 e. The summed E-state index contributed by atoms with van der Waals surface area (Å²) in [5.74, 6) is -4.12. The van der Waals surface area contributed by atoms with Gasteiger partial charge in [0, 0.05) is 25.3 Å². The van der Waals surface area contributed by atoms with Crippen molar-refractivity contribution in [3.8, 4) is 0 Å². The molecule has 0 aliphatic heterocycles. The van der Waals surface area contributed by atoms with Gasteiger partial charge in [-0.05, 0) is 87.2 Å². The summed E-state index contributed by atoms with van der Waals surface area (Å²) in [4.78, 5) is 72.7. The zero-order chi connectivity index (χ0) is 35.1. The van der Waals surface area contributed by atoms with Gasteiger partial charge in [0.2, 0.25) is 11.8 Å². The number of carbonyl (C=O) groups is 6. The first kappa shape index (κ1) is 37.7. The maximum atomic E-state index is 13.4. The lowest BCUT2D eigenvalue weighted by atomic mass is 9.81. The highest BCUT2D eigenvalue weighted by Gasteiger charge is 2.30. The highest BCUT2D eigenvalue weighted by Crippen LogP contribution is 2.28. The monoisotopic (exact) mass is 669 g/mol. The Labute approximate surface area is 279 Å². The van der Waals surface area contributed by atoms with Gasteiger partial charge in [-0.3, -0.25) is 14.4 Å². The molecule has 3 unspecified atom stereocenters. The van der Waals surface area contributed by atoms with Crippen LogP contribution in [0.3, 0.4) is 0 Å². The number of carbonyl (C=O) groups excluding carboxylic acids is 3. The summed E-state index contributed by atoms with van der Waals surface area (Å²) in [6.45, 7) is 1.12. The molecule has 2 aromatic carbocycles. The van der Waals surface area contributed by atoms with Crippen LogP contribution in [0.1, 0.15) is 63.4 Å². The third kappa shape index (κ3) is 12.5. The van der Waals surface area contributed by atoms with Crippen molar-refractivity contribution in [2.24, 2.45) is 11.8 Å².